The average molecular weight is 346 g/mol. The first-order chi connectivity index (χ1) is 12.0. The number of aromatic nitrogens is 2. The van der Waals surface area contributed by atoms with E-state index in [2.05, 4.69) is 16.9 Å². The summed E-state index contributed by atoms with van der Waals surface area (Å²) in [5.74, 6) is 0.407. The first-order valence-electron chi connectivity index (χ1n) is 9.26. The molecule has 7 heteroatoms. The maximum Gasteiger partial charge on any atom is 0.272 e. The summed E-state index contributed by atoms with van der Waals surface area (Å²) in [7, 11) is 0. The zero-order valence-electron chi connectivity index (χ0n) is 14.9. The molecule has 0 aliphatic carbocycles. The SMILES string of the molecule is CC1CN(C(=O)C2CC3CCC2O3)CC(C)N(C(=O)c2cnc[nH]2)C1. The van der Waals surface area contributed by atoms with Crippen molar-refractivity contribution < 1.29 is 14.3 Å². The molecule has 2 bridgehead atoms. The van der Waals surface area contributed by atoms with Crippen molar-refractivity contribution in [3.05, 3.63) is 18.2 Å². The first-order valence-corrected chi connectivity index (χ1v) is 9.26. The minimum absolute atomic E-state index is 0.00742. The zero-order chi connectivity index (χ0) is 17.6. The van der Waals surface area contributed by atoms with Gasteiger partial charge in [0.05, 0.1) is 30.7 Å². The topological polar surface area (TPSA) is 78.5 Å². The molecule has 3 aliphatic heterocycles. The fourth-order valence-electron chi connectivity index (χ4n) is 4.56. The van der Waals surface area contributed by atoms with Crippen LogP contribution in [0.15, 0.2) is 12.5 Å². The highest BCUT2D eigenvalue weighted by Gasteiger charge is 2.46. The number of fused-ring (bicyclic) bond motifs is 2. The van der Waals surface area contributed by atoms with Gasteiger partial charge in [-0.3, -0.25) is 9.59 Å². The maximum atomic E-state index is 13.1. The third-order valence-electron chi connectivity index (χ3n) is 5.78. The number of ether oxygens (including phenoxy) is 1. The molecule has 3 aliphatic rings. The molecule has 7 nitrogen and oxygen atoms in total. The molecular formula is C18H26N4O3. The highest BCUT2D eigenvalue weighted by Crippen LogP contribution is 2.40. The number of H-pyrrole nitrogens is 1. The second-order valence-electron chi connectivity index (χ2n) is 7.84. The van der Waals surface area contributed by atoms with Gasteiger partial charge in [-0.25, -0.2) is 4.98 Å². The summed E-state index contributed by atoms with van der Waals surface area (Å²) in [6.45, 7) is 6.05. The summed E-state index contributed by atoms with van der Waals surface area (Å²) >= 11 is 0. The van der Waals surface area contributed by atoms with Gasteiger partial charge in [0.25, 0.3) is 5.91 Å². The Hall–Kier alpha value is -1.89. The van der Waals surface area contributed by atoms with Gasteiger partial charge in [-0.05, 0) is 32.1 Å². The van der Waals surface area contributed by atoms with Crippen molar-refractivity contribution >= 4 is 11.8 Å². The monoisotopic (exact) mass is 346 g/mol. The summed E-state index contributed by atoms with van der Waals surface area (Å²) in [6.07, 6.45) is 6.41. The van der Waals surface area contributed by atoms with Crippen LogP contribution in [0.1, 0.15) is 43.6 Å². The second kappa shape index (κ2) is 6.44. The van der Waals surface area contributed by atoms with Gasteiger partial charge < -0.3 is 19.5 Å². The predicted octanol–water partition coefficient (Wildman–Crippen LogP) is 1.29. The van der Waals surface area contributed by atoms with Gasteiger partial charge in [-0.1, -0.05) is 6.92 Å². The molecule has 3 fully saturated rings. The summed E-state index contributed by atoms with van der Waals surface area (Å²) in [4.78, 5) is 36.5. The van der Waals surface area contributed by atoms with E-state index in [-0.39, 0.29) is 41.9 Å². The van der Waals surface area contributed by atoms with Crippen LogP contribution in [0.5, 0.6) is 0 Å². The van der Waals surface area contributed by atoms with Crippen molar-refractivity contribution in [2.45, 2.75) is 51.4 Å². The minimum atomic E-state index is -0.0468. The van der Waals surface area contributed by atoms with E-state index in [1.165, 1.54) is 6.33 Å². The van der Waals surface area contributed by atoms with Crippen molar-refractivity contribution in [1.82, 2.24) is 19.8 Å². The van der Waals surface area contributed by atoms with Crippen LogP contribution in [0.2, 0.25) is 0 Å². The van der Waals surface area contributed by atoms with Crippen LogP contribution in [0.3, 0.4) is 0 Å². The Balaban J connectivity index is 1.47. The highest BCUT2D eigenvalue weighted by molar-refractivity contribution is 5.92. The molecule has 2 amide bonds. The molecule has 4 heterocycles. The van der Waals surface area contributed by atoms with Gasteiger partial charge in [-0.2, -0.15) is 0 Å². The van der Waals surface area contributed by atoms with Crippen molar-refractivity contribution in [3.8, 4) is 0 Å². The smallest absolute Gasteiger partial charge is 0.272 e. The van der Waals surface area contributed by atoms with Crippen LogP contribution in [-0.4, -0.2) is 69.5 Å². The van der Waals surface area contributed by atoms with E-state index in [9.17, 15) is 9.59 Å². The summed E-state index contributed by atoms with van der Waals surface area (Å²) < 4.78 is 5.87. The van der Waals surface area contributed by atoms with E-state index in [1.54, 1.807) is 6.20 Å². The van der Waals surface area contributed by atoms with E-state index in [4.69, 9.17) is 4.74 Å². The maximum absolute atomic E-state index is 13.1. The van der Waals surface area contributed by atoms with Crippen LogP contribution in [0, 0.1) is 11.8 Å². The summed E-state index contributed by atoms with van der Waals surface area (Å²) in [5.41, 5.74) is 0.500. The lowest BCUT2D eigenvalue weighted by Gasteiger charge is -2.31. The zero-order valence-corrected chi connectivity index (χ0v) is 14.9. The fourth-order valence-corrected chi connectivity index (χ4v) is 4.56. The largest absolute Gasteiger partial charge is 0.374 e. The average Bonchev–Trinajstić information content (AvgIpc) is 3.33. The number of hydrogen-bond acceptors (Lipinski definition) is 4. The van der Waals surface area contributed by atoms with Gasteiger partial charge in [0.15, 0.2) is 0 Å². The number of rotatable bonds is 2. The molecule has 0 saturated carbocycles. The Kier molecular flexibility index (Phi) is 4.27. The lowest BCUT2D eigenvalue weighted by molar-refractivity contribution is -0.137. The van der Waals surface area contributed by atoms with Crippen molar-refractivity contribution in [1.29, 1.82) is 0 Å². The molecule has 1 aromatic rings. The minimum Gasteiger partial charge on any atom is -0.374 e. The molecule has 0 spiro atoms. The number of carbonyl (C=O) groups is 2. The first kappa shape index (κ1) is 16.6. The van der Waals surface area contributed by atoms with Crippen molar-refractivity contribution in [2.75, 3.05) is 19.6 Å². The van der Waals surface area contributed by atoms with Gasteiger partial charge in [-0.15, -0.1) is 0 Å². The molecule has 5 unspecified atom stereocenters. The molecule has 1 aromatic heterocycles. The normalized spacial score (nSPS) is 35.0. The summed E-state index contributed by atoms with van der Waals surface area (Å²) in [6, 6.07) is -0.0239. The molecule has 4 rings (SSSR count). The lowest BCUT2D eigenvalue weighted by atomic mass is 9.88. The van der Waals surface area contributed by atoms with E-state index >= 15 is 0 Å². The van der Waals surface area contributed by atoms with Crippen molar-refractivity contribution in [3.63, 3.8) is 0 Å². The summed E-state index contributed by atoms with van der Waals surface area (Å²) in [5, 5.41) is 0. The van der Waals surface area contributed by atoms with Crippen molar-refractivity contribution in [2.24, 2.45) is 11.8 Å². The van der Waals surface area contributed by atoms with Crippen LogP contribution in [0.4, 0.5) is 0 Å². The quantitative estimate of drug-likeness (QED) is 0.875. The molecule has 3 saturated heterocycles. The molecule has 136 valence electrons. The highest BCUT2D eigenvalue weighted by atomic mass is 16.5. The van der Waals surface area contributed by atoms with E-state index in [0.29, 0.717) is 25.3 Å². The van der Waals surface area contributed by atoms with E-state index in [1.807, 2.05) is 16.7 Å². The van der Waals surface area contributed by atoms with Gasteiger partial charge in [0.1, 0.15) is 5.69 Å². The lowest BCUT2D eigenvalue weighted by Crippen LogP contribution is -2.46. The third-order valence-corrected chi connectivity index (χ3v) is 5.78. The molecular weight excluding hydrogens is 320 g/mol. The standard InChI is InChI=1S/C18H26N4O3/c1-11-7-21(17(23)14-5-13-3-4-16(14)25-13)9-12(2)22(8-11)18(24)15-6-19-10-20-15/h6,10-14,16H,3-5,7-9H2,1-2H3,(H,19,20). The number of nitrogens with zero attached hydrogens (tertiary/aromatic N) is 3. The number of amides is 2. The predicted molar refractivity (Wildman–Crippen MR) is 90.8 cm³/mol. The Morgan fingerprint density at radius 2 is 2.08 bits per heavy atom. The molecule has 1 N–H and O–H groups in total. The molecule has 0 aromatic carbocycles. The molecule has 5 atom stereocenters. The van der Waals surface area contributed by atoms with Crippen LogP contribution in [-0.2, 0) is 9.53 Å². The van der Waals surface area contributed by atoms with Gasteiger partial charge in [0, 0.05) is 25.7 Å². The van der Waals surface area contributed by atoms with E-state index < -0.39 is 0 Å². The van der Waals surface area contributed by atoms with E-state index in [0.717, 1.165) is 19.3 Å². The number of nitrogens with one attached hydrogen (secondary N) is 1. The second-order valence-corrected chi connectivity index (χ2v) is 7.84. The number of hydrogen-bond donors (Lipinski definition) is 1. The van der Waals surface area contributed by atoms with Crippen LogP contribution < -0.4 is 0 Å². The van der Waals surface area contributed by atoms with Crippen LogP contribution in [0.25, 0.3) is 0 Å². The Bertz CT molecular complexity index is 647. The molecule has 0 radical (unpaired) electrons. The Morgan fingerprint density at radius 1 is 1.24 bits per heavy atom. The van der Waals surface area contributed by atoms with Crippen LogP contribution >= 0.6 is 0 Å². The Labute approximate surface area is 147 Å². The number of imidazole rings is 1. The third kappa shape index (κ3) is 3.05. The fraction of sp³-hybridized carbons (Fsp3) is 0.722. The van der Waals surface area contributed by atoms with Gasteiger partial charge in [0.2, 0.25) is 5.91 Å². The molecule has 25 heavy (non-hydrogen) atoms. The number of carbonyl (C=O) groups excluding carboxylic acids is 2. The number of aromatic amines is 1. The van der Waals surface area contributed by atoms with Gasteiger partial charge >= 0.3 is 0 Å². The Morgan fingerprint density at radius 3 is 2.72 bits per heavy atom.